The number of benzene rings is 1. The second-order valence-corrected chi connectivity index (χ2v) is 7.38. The van der Waals surface area contributed by atoms with E-state index >= 15 is 0 Å². The Balaban J connectivity index is 2.13. The van der Waals surface area contributed by atoms with E-state index in [9.17, 15) is 17.9 Å². The average Bonchev–Trinajstić information content (AvgIpc) is 2.79. The molecule has 0 saturated heterocycles. The van der Waals surface area contributed by atoms with Crippen molar-refractivity contribution in [1.29, 1.82) is 0 Å². The Kier molecular flexibility index (Phi) is 4.92. The van der Waals surface area contributed by atoms with E-state index in [1.165, 1.54) is 6.07 Å². The fourth-order valence-corrected chi connectivity index (χ4v) is 4.11. The quantitative estimate of drug-likeness (QED) is 0.827. The molecule has 1 aliphatic rings. The van der Waals surface area contributed by atoms with Gasteiger partial charge in [-0.2, -0.15) is 0 Å². The predicted molar refractivity (Wildman–Crippen MR) is 75.0 cm³/mol. The van der Waals surface area contributed by atoms with Crippen LogP contribution < -0.4 is 4.72 Å². The van der Waals surface area contributed by atoms with Crippen molar-refractivity contribution in [2.75, 3.05) is 6.54 Å². The second kappa shape index (κ2) is 6.15. The molecule has 2 unspecified atom stereocenters. The van der Waals surface area contributed by atoms with Crippen molar-refractivity contribution in [2.45, 2.75) is 30.3 Å². The first kappa shape index (κ1) is 16.0. The van der Waals surface area contributed by atoms with Crippen molar-refractivity contribution in [3.05, 3.63) is 28.0 Å². The third-order valence-electron chi connectivity index (χ3n) is 3.36. The molecular formula is C12H14Cl2FNO3S. The van der Waals surface area contributed by atoms with Gasteiger partial charge in [0, 0.05) is 6.54 Å². The summed E-state index contributed by atoms with van der Waals surface area (Å²) >= 11 is 11.2. The molecule has 4 nitrogen and oxygen atoms in total. The van der Waals surface area contributed by atoms with Crippen LogP contribution >= 0.6 is 23.2 Å². The first-order valence-corrected chi connectivity index (χ1v) is 8.36. The first-order chi connectivity index (χ1) is 9.31. The zero-order valence-corrected chi connectivity index (χ0v) is 12.8. The monoisotopic (exact) mass is 341 g/mol. The van der Waals surface area contributed by atoms with Crippen molar-refractivity contribution in [2.24, 2.45) is 5.92 Å². The number of halogens is 3. The van der Waals surface area contributed by atoms with E-state index < -0.39 is 20.9 Å². The zero-order valence-electron chi connectivity index (χ0n) is 10.4. The van der Waals surface area contributed by atoms with Crippen molar-refractivity contribution < 1.29 is 17.9 Å². The van der Waals surface area contributed by atoms with E-state index in [1.54, 1.807) is 0 Å². The summed E-state index contributed by atoms with van der Waals surface area (Å²) in [7, 11) is -3.90. The molecule has 0 heterocycles. The molecule has 1 aromatic carbocycles. The molecule has 8 heteroatoms. The van der Waals surface area contributed by atoms with Crippen LogP contribution in [0.3, 0.4) is 0 Å². The highest BCUT2D eigenvalue weighted by atomic mass is 35.5. The van der Waals surface area contributed by atoms with Gasteiger partial charge in [-0.05, 0) is 37.3 Å². The van der Waals surface area contributed by atoms with E-state index in [0.29, 0.717) is 12.8 Å². The number of sulfonamides is 1. The van der Waals surface area contributed by atoms with Gasteiger partial charge in [0.15, 0.2) is 5.82 Å². The Morgan fingerprint density at radius 2 is 2.05 bits per heavy atom. The topological polar surface area (TPSA) is 66.4 Å². The van der Waals surface area contributed by atoms with E-state index in [-0.39, 0.29) is 28.5 Å². The number of nitrogens with one attached hydrogen (secondary N) is 1. The van der Waals surface area contributed by atoms with Crippen LogP contribution in [-0.2, 0) is 10.0 Å². The molecule has 1 aliphatic carbocycles. The Morgan fingerprint density at radius 1 is 1.35 bits per heavy atom. The summed E-state index contributed by atoms with van der Waals surface area (Å²) in [4.78, 5) is -0.334. The molecule has 0 aromatic heterocycles. The molecule has 2 N–H and O–H groups in total. The molecule has 0 aliphatic heterocycles. The summed E-state index contributed by atoms with van der Waals surface area (Å²) in [6.07, 6.45) is 1.61. The average molecular weight is 342 g/mol. The lowest BCUT2D eigenvalue weighted by Crippen LogP contribution is -2.29. The number of aliphatic hydroxyl groups excluding tert-OH is 1. The minimum absolute atomic E-state index is 0.0793. The number of rotatable bonds is 4. The van der Waals surface area contributed by atoms with E-state index in [4.69, 9.17) is 23.2 Å². The zero-order chi connectivity index (χ0) is 14.9. The number of hydrogen-bond donors (Lipinski definition) is 2. The van der Waals surface area contributed by atoms with Crippen LogP contribution in [0.2, 0.25) is 10.0 Å². The van der Waals surface area contributed by atoms with Crippen molar-refractivity contribution in [3.63, 3.8) is 0 Å². The van der Waals surface area contributed by atoms with Crippen molar-refractivity contribution >= 4 is 33.2 Å². The molecular weight excluding hydrogens is 328 g/mol. The van der Waals surface area contributed by atoms with Crippen LogP contribution in [0.4, 0.5) is 4.39 Å². The second-order valence-electron chi connectivity index (χ2n) is 4.86. The minimum Gasteiger partial charge on any atom is -0.393 e. The Hall–Kier alpha value is -0.400. The summed E-state index contributed by atoms with van der Waals surface area (Å²) in [6, 6.07) is 2.32. The third kappa shape index (κ3) is 3.43. The molecule has 0 radical (unpaired) electrons. The molecule has 2 rings (SSSR count). The fraction of sp³-hybridized carbons (Fsp3) is 0.500. The van der Waals surface area contributed by atoms with Gasteiger partial charge in [0.25, 0.3) is 0 Å². The summed E-state index contributed by atoms with van der Waals surface area (Å²) in [5.41, 5.74) is 0. The number of hydrogen-bond acceptors (Lipinski definition) is 3. The normalized spacial score (nSPS) is 23.2. The summed E-state index contributed by atoms with van der Waals surface area (Å²) in [6.45, 7) is 0.194. The van der Waals surface area contributed by atoms with E-state index in [1.807, 2.05) is 0 Å². The third-order valence-corrected chi connectivity index (χ3v) is 5.60. The molecule has 1 saturated carbocycles. The van der Waals surface area contributed by atoms with Crippen LogP contribution in [0, 0.1) is 11.7 Å². The predicted octanol–water partition coefficient (Wildman–Crippen LogP) is 2.57. The van der Waals surface area contributed by atoms with Gasteiger partial charge in [0.1, 0.15) is 4.90 Å². The molecule has 2 atom stereocenters. The van der Waals surface area contributed by atoms with Crippen LogP contribution in [0.15, 0.2) is 17.0 Å². The van der Waals surface area contributed by atoms with Gasteiger partial charge in [-0.25, -0.2) is 17.5 Å². The van der Waals surface area contributed by atoms with Gasteiger partial charge >= 0.3 is 0 Å². The maximum absolute atomic E-state index is 13.5. The van der Waals surface area contributed by atoms with E-state index in [2.05, 4.69) is 4.72 Å². The Labute approximate surface area is 126 Å². The summed E-state index contributed by atoms with van der Waals surface area (Å²) in [5, 5.41) is 8.65. The summed E-state index contributed by atoms with van der Waals surface area (Å²) < 4.78 is 40.1. The Bertz CT molecular complexity index is 609. The maximum atomic E-state index is 13.5. The molecule has 0 amide bonds. The minimum atomic E-state index is -3.90. The fourth-order valence-electron chi connectivity index (χ4n) is 2.25. The van der Waals surface area contributed by atoms with Crippen LogP contribution in [0.5, 0.6) is 0 Å². The first-order valence-electron chi connectivity index (χ1n) is 6.12. The smallest absolute Gasteiger partial charge is 0.242 e. The Morgan fingerprint density at radius 3 is 2.65 bits per heavy atom. The molecule has 0 spiro atoms. The van der Waals surface area contributed by atoms with Crippen molar-refractivity contribution in [3.8, 4) is 0 Å². The molecule has 20 heavy (non-hydrogen) atoms. The van der Waals surface area contributed by atoms with Crippen molar-refractivity contribution in [1.82, 2.24) is 4.72 Å². The lowest BCUT2D eigenvalue weighted by atomic mass is 10.1. The van der Waals surface area contributed by atoms with E-state index in [0.717, 1.165) is 12.5 Å². The van der Waals surface area contributed by atoms with Gasteiger partial charge < -0.3 is 5.11 Å². The van der Waals surface area contributed by atoms with Gasteiger partial charge in [-0.1, -0.05) is 23.2 Å². The standard InChI is InChI=1S/C12H14Cl2FNO3S/c13-9-3-4-10(11(14)12(9)15)20(18,19)16-6-7-1-2-8(17)5-7/h3-4,7-8,16-17H,1-2,5-6H2. The highest BCUT2D eigenvalue weighted by molar-refractivity contribution is 7.89. The van der Waals surface area contributed by atoms with Crippen LogP contribution in [0.1, 0.15) is 19.3 Å². The van der Waals surface area contributed by atoms with Gasteiger partial charge in [-0.15, -0.1) is 0 Å². The van der Waals surface area contributed by atoms with Gasteiger partial charge in [0.05, 0.1) is 16.1 Å². The maximum Gasteiger partial charge on any atom is 0.242 e. The van der Waals surface area contributed by atoms with Crippen LogP contribution in [-0.4, -0.2) is 26.2 Å². The molecule has 1 fully saturated rings. The highest BCUT2D eigenvalue weighted by Gasteiger charge is 2.26. The largest absolute Gasteiger partial charge is 0.393 e. The van der Waals surface area contributed by atoms with Gasteiger partial charge in [0.2, 0.25) is 10.0 Å². The molecule has 1 aromatic rings. The lowest BCUT2D eigenvalue weighted by Gasteiger charge is -2.13. The number of aliphatic hydroxyl groups is 1. The van der Waals surface area contributed by atoms with Gasteiger partial charge in [-0.3, -0.25) is 0 Å². The molecule has 0 bridgehead atoms. The van der Waals surface area contributed by atoms with Crippen LogP contribution in [0.25, 0.3) is 0 Å². The summed E-state index contributed by atoms with van der Waals surface area (Å²) in [5.74, 6) is -0.872. The molecule has 112 valence electrons. The SMILES string of the molecule is O=S(=O)(NCC1CCC(O)C1)c1ccc(Cl)c(F)c1Cl. The highest BCUT2D eigenvalue weighted by Crippen LogP contribution is 2.30. The lowest BCUT2D eigenvalue weighted by molar-refractivity contribution is 0.178.